The van der Waals surface area contributed by atoms with Crippen LogP contribution in [0.1, 0.15) is 51.9 Å². The molecule has 6 heterocycles. The third kappa shape index (κ3) is 11.8. The summed E-state index contributed by atoms with van der Waals surface area (Å²) in [5.74, 6) is 3.72. The van der Waals surface area contributed by atoms with E-state index in [1.807, 2.05) is 131 Å². The van der Waals surface area contributed by atoms with Gasteiger partial charge in [-0.2, -0.15) is 0 Å². The van der Waals surface area contributed by atoms with E-state index in [1.165, 1.54) is 51.9 Å². The van der Waals surface area contributed by atoms with Gasteiger partial charge >= 0.3 is 0 Å². The maximum atomic E-state index is 12.7. The number of nitrogens with zero attached hydrogens (tertiary/aromatic N) is 9. The monoisotopic (exact) mass is 968 g/mol. The minimum absolute atomic E-state index is 0.0408. The average molecular weight is 969 g/mol. The number of hydrogen-bond donors (Lipinski definition) is 3. The highest BCUT2D eigenvalue weighted by molar-refractivity contribution is 6.02. The highest BCUT2D eigenvalue weighted by atomic mass is 16.5. The van der Waals surface area contributed by atoms with Crippen molar-refractivity contribution in [2.24, 2.45) is 0 Å². The van der Waals surface area contributed by atoms with Crippen molar-refractivity contribution in [3.8, 4) is 45.3 Å². The lowest BCUT2D eigenvalue weighted by molar-refractivity contribution is -0.127. The van der Waals surface area contributed by atoms with E-state index in [0.29, 0.717) is 66.5 Å². The fourth-order valence-corrected chi connectivity index (χ4v) is 9.31. The largest absolute Gasteiger partial charge is 0.457 e. The maximum Gasteiger partial charge on any atom is 0.239 e. The molecule has 2 aliphatic rings. The number of para-hydroxylation sites is 2. The zero-order valence-corrected chi connectivity index (χ0v) is 40.5. The summed E-state index contributed by atoms with van der Waals surface area (Å²) in [4.78, 5) is 58.9. The van der Waals surface area contributed by atoms with Crippen molar-refractivity contribution in [2.75, 3.05) is 62.3 Å². The highest BCUT2D eigenvalue weighted by Gasteiger charge is 2.24. The quantitative estimate of drug-likeness (QED) is 0.0736. The number of nitrogen functional groups attached to an aromatic ring is 2. The Morgan fingerprint density at radius 3 is 1.76 bits per heavy atom. The van der Waals surface area contributed by atoms with E-state index in [1.54, 1.807) is 9.69 Å². The van der Waals surface area contributed by atoms with Gasteiger partial charge in [0.25, 0.3) is 0 Å². The summed E-state index contributed by atoms with van der Waals surface area (Å²) in [7, 11) is 0. The maximum absolute atomic E-state index is 12.7. The smallest absolute Gasteiger partial charge is 0.239 e. The molecule has 0 atom stereocenters. The van der Waals surface area contributed by atoms with Gasteiger partial charge < -0.3 is 40.6 Å². The second-order valence-electron chi connectivity index (χ2n) is 17.9. The normalized spacial score (nSPS) is 13.7. The molecule has 2 aliphatic heterocycles. The van der Waals surface area contributed by atoms with E-state index in [4.69, 9.17) is 20.9 Å². The second-order valence-corrected chi connectivity index (χ2v) is 17.9. The van der Waals surface area contributed by atoms with Crippen LogP contribution in [0.4, 0.5) is 11.6 Å². The van der Waals surface area contributed by atoms with Gasteiger partial charge in [0.05, 0.1) is 10.8 Å². The van der Waals surface area contributed by atoms with E-state index in [-0.39, 0.29) is 24.3 Å². The van der Waals surface area contributed by atoms with Crippen LogP contribution < -0.4 is 31.3 Å². The number of hydrogen-bond acceptors (Lipinski definition) is 12. The molecule has 3 amide bonds. The Morgan fingerprint density at radius 1 is 0.639 bits per heavy atom. The number of likely N-dealkylation sites (tertiary alicyclic amines) is 2. The number of piperidine rings is 1. The van der Waals surface area contributed by atoms with Crippen LogP contribution in [0.5, 0.6) is 23.0 Å². The predicted octanol–water partition coefficient (Wildman–Crippen LogP) is 8.43. The van der Waals surface area contributed by atoms with Crippen molar-refractivity contribution in [3.63, 3.8) is 0 Å². The fourth-order valence-electron chi connectivity index (χ4n) is 9.31. The van der Waals surface area contributed by atoms with E-state index >= 15 is 0 Å². The number of rotatable bonds is 17. The van der Waals surface area contributed by atoms with Crippen LogP contribution in [-0.2, 0) is 20.9 Å². The SMILES string of the molecule is CC(=O)N(CCCN1CCCC1=O)n1cc(-c2ccc(Oc3ccccc3)cc2)c2c(N)ncnc21.Nc1ncnc2c1c(-c1ccc(Oc3ccccc3)cc1)cn2CC(=O)NCCCN1CCCCC1. The number of aromatic nitrogens is 6. The number of fused-ring (bicyclic) bond motifs is 2. The first-order chi connectivity index (χ1) is 35.2. The lowest BCUT2D eigenvalue weighted by atomic mass is 10.1. The minimum atomic E-state index is -0.130. The minimum Gasteiger partial charge on any atom is -0.457 e. The Balaban J connectivity index is 0.000000178. The molecule has 0 aliphatic carbocycles. The molecule has 4 aromatic heterocycles. The predicted molar refractivity (Wildman–Crippen MR) is 280 cm³/mol. The number of carbonyl (C=O) groups excluding carboxylic acids is 3. The number of ether oxygens (including phenoxy) is 2. The number of nitrogens with one attached hydrogen (secondary N) is 1. The van der Waals surface area contributed by atoms with E-state index in [0.717, 1.165) is 70.8 Å². The van der Waals surface area contributed by atoms with Crippen molar-refractivity contribution >= 4 is 51.4 Å². The van der Waals surface area contributed by atoms with E-state index in [9.17, 15) is 14.4 Å². The summed E-state index contributed by atoms with van der Waals surface area (Å²) in [6.45, 7) is 7.58. The number of nitrogens with two attached hydrogens (primary N) is 2. The Labute approximate surface area is 418 Å². The molecule has 0 bridgehead atoms. The third-order valence-electron chi connectivity index (χ3n) is 12.9. The van der Waals surface area contributed by atoms with Crippen molar-refractivity contribution < 1.29 is 23.9 Å². The number of carbonyl (C=O) groups is 3. The van der Waals surface area contributed by atoms with Crippen molar-refractivity contribution in [1.82, 2.24) is 44.3 Å². The zero-order valence-electron chi connectivity index (χ0n) is 40.5. The molecule has 0 radical (unpaired) electrons. The molecule has 370 valence electrons. The second kappa shape index (κ2) is 23.1. The molecule has 2 saturated heterocycles. The van der Waals surface area contributed by atoms with Crippen LogP contribution in [0.2, 0.25) is 0 Å². The lowest BCUT2D eigenvalue weighted by Gasteiger charge is -2.26. The molecule has 10 rings (SSSR count). The molecule has 0 saturated carbocycles. The molecule has 2 fully saturated rings. The van der Waals surface area contributed by atoms with Gasteiger partial charge in [-0.1, -0.05) is 67.1 Å². The summed E-state index contributed by atoms with van der Waals surface area (Å²) in [6, 6.07) is 34.7. The van der Waals surface area contributed by atoms with Gasteiger partial charge in [0, 0.05) is 63.0 Å². The van der Waals surface area contributed by atoms with Crippen LogP contribution in [-0.4, -0.2) is 103 Å². The van der Waals surface area contributed by atoms with E-state index < -0.39 is 0 Å². The average Bonchev–Trinajstić information content (AvgIpc) is 4.11. The van der Waals surface area contributed by atoms with E-state index in [2.05, 4.69) is 30.2 Å². The zero-order chi connectivity index (χ0) is 49.8. The standard InChI is InChI=1S/C28H32N6O2.C27H28N6O3/c29-27-26-24(21-10-12-23(13-11-21)36-22-8-3-1-4-9-22)18-34(28(26)32-20-31-27)19-25(35)30-14-7-17-33-15-5-2-6-16-33;1-19(34)32(16-6-15-31-14-5-9-24(31)35)33-17-23(25-26(28)29-18-30-27(25)33)20-10-12-22(13-11-20)36-21-7-3-2-4-8-21/h1,3-4,8-13,18,20H,2,5-7,14-17,19H2,(H,30,35)(H2,29,31,32);2-4,7-8,10-13,17-18H,5-6,9,14-16H2,1H3,(H2,28,29,30). The molecule has 17 nitrogen and oxygen atoms in total. The first-order valence-corrected chi connectivity index (χ1v) is 24.6. The molecule has 72 heavy (non-hydrogen) atoms. The van der Waals surface area contributed by atoms with Gasteiger partial charge in [-0.25, -0.2) is 29.6 Å². The molecule has 8 aromatic rings. The van der Waals surface area contributed by atoms with Gasteiger partial charge in [-0.05, 0) is 111 Å². The van der Waals surface area contributed by atoms with Crippen molar-refractivity contribution in [2.45, 2.75) is 58.4 Å². The summed E-state index contributed by atoms with van der Waals surface area (Å²) in [5, 5.41) is 6.10. The molecule has 0 unspecified atom stereocenters. The van der Waals surface area contributed by atoms with Crippen LogP contribution in [0.25, 0.3) is 44.3 Å². The van der Waals surface area contributed by atoms with Gasteiger partial charge in [-0.3, -0.25) is 14.4 Å². The van der Waals surface area contributed by atoms with Crippen molar-refractivity contribution in [1.29, 1.82) is 0 Å². The number of benzene rings is 4. The molecule has 0 spiro atoms. The lowest BCUT2D eigenvalue weighted by Crippen LogP contribution is -2.40. The van der Waals surface area contributed by atoms with Gasteiger partial charge in [0.2, 0.25) is 17.7 Å². The number of anilines is 2. The third-order valence-corrected chi connectivity index (χ3v) is 12.9. The Morgan fingerprint density at radius 2 is 1.19 bits per heavy atom. The first kappa shape index (κ1) is 48.7. The first-order valence-electron chi connectivity index (χ1n) is 24.6. The van der Waals surface area contributed by atoms with Crippen LogP contribution in [0.15, 0.2) is 134 Å². The molecule has 4 aromatic carbocycles. The van der Waals surface area contributed by atoms with Gasteiger partial charge in [0.15, 0.2) is 5.65 Å². The highest BCUT2D eigenvalue weighted by Crippen LogP contribution is 2.36. The topological polar surface area (TPSA) is 205 Å². The molecule has 17 heteroatoms. The fraction of sp³-hybridized carbons (Fsp3) is 0.291. The summed E-state index contributed by atoms with van der Waals surface area (Å²) in [5.41, 5.74) is 17.3. The van der Waals surface area contributed by atoms with Crippen LogP contribution >= 0.6 is 0 Å². The Kier molecular flexibility index (Phi) is 15.6. The van der Waals surface area contributed by atoms with Crippen LogP contribution in [0.3, 0.4) is 0 Å². The molecular weight excluding hydrogens is 909 g/mol. The molecular formula is C55H60N12O5. The van der Waals surface area contributed by atoms with Gasteiger partial charge in [0.1, 0.15) is 59.5 Å². The summed E-state index contributed by atoms with van der Waals surface area (Å²) in [6.07, 6.45) is 13.6. The van der Waals surface area contributed by atoms with Crippen LogP contribution in [0, 0.1) is 0 Å². The molecule has 5 N–H and O–H groups in total. The van der Waals surface area contributed by atoms with Gasteiger partial charge in [-0.15, -0.1) is 0 Å². The Bertz CT molecular complexity index is 3100. The summed E-state index contributed by atoms with van der Waals surface area (Å²) < 4.78 is 15.4. The number of amides is 3. The Hall–Kier alpha value is -8.31. The van der Waals surface area contributed by atoms with Crippen molar-refractivity contribution in [3.05, 3.63) is 134 Å². The summed E-state index contributed by atoms with van der Waals surface area (Å²) >= 11 is 0.